The van der Waals surface area contributed by atoms with Crippen LogP contribution in [0, 0.1) is 6.92 Å². The fraction of sp³-hybridized carbons (Fsp3) is 0.440. The largest absolute Gasteiger partial charge is 0.497 e. The standard InChI is InChI=1S/C25H34N2O3S/c1-6-23(25(29)26-18(2)3)27(15-21-8-7-9-22(14-21)30-5)24(28)17-31-16-20-12-10-19(4)11-13-20/h7-14,18,23H,6,15-17H2,1-5H3,(H,26,29)/t23-/m1/s1. The van der Waals surface area contributed by atoms with Gasteiger partial charge in [-0.15, -0.1) is 11.8 Å². The summed E-state index contributed by atoms with van der Waals surface area (Å²) in [6.07, 6.45) is 0.552. The molecule has 1 N–H and O–H groups in total. The van der Waals surface area contributed by atoms with Gasteiger partial charge in [0.1, 0.15) is 11.8 Å². The van der Waals surface area contributed by atoms with Crippen molar-refractivity contribution in [3.63, 3.8) is 0 Å². The molecule has 0 aliphatic heterocycles. The Bertz CT molecular complexity index is 852. The first kappa shape index (κ1) is 24.8. The molecule has 2 aromatic rings. The van der Waals surface area contributed by atoms with E-state index in [1.54, 1.807) is 23.8 Å². The second kappa shape index (κ2) is 12.4. The second-order valence-electron chi connectivity index (χ2n) is 7.94. The molecule has 168 valence electrons. The molecule has 0 unspecified atom stereocenters. The van der Waals surface area contributed by atoms with E-state index in [0.29, 0.717) is 18.7 Å². The zero-order valence-corrected chi connectivity index (χ0v) is 20.0. The smallest absolute Gasteiger partial charge is 0.243 e. The van der Waals surface area contributed by atoms with Crippen molar-refractivity contribution < 1.29 is 14.3 Å². The van der Waals surface area contributed by atoms with Gasteiger partial charge in [0.2, 0.25) is 11.8 Å². The number of nitrogens with one attached hydrogen (secondary N) is 1. The van der Waals surface area contributed by atoms with E-state index in [9.17, 15) is 9.59 Å². The number of benzene rings is 2. The maximum Gasteiger partial charge on any atom is 0.243 e. The van der Waals surface area contributed by atoms with E-state index < -0.39 is 6.04 Å². The number of nitrogens with zero attached hydrogens (tertiary/aromatic N) is 1. The van der Waals surface area contributed by atoms with Gasteiger partial charge >= 0.3 is 0 Å². The molecule has 31 heavy (non-hydrogen) atoms. The van der Waals surface area contributed by atoms with Crippen LogP contribution in [-0.4, -0.2) is 41.7 Å². The lowest BCUT2D eigenvalue weighted by molar-refractivity contribution is -0.139. The molecule has 0 heterocycles. The van der Waals surface area contributed by atoms with Gasteiger partial charge < -0.3 is 15.0 Å². The molecule has 5 nitrogen and oxygen atoms in total. The molecule has 0 spiro atoms. The lowest BCUT2D eigenvalue weighted by atomic mass is 10.1. The van der Waals surface area contributed by atoms with Gasteiger partial charge in [0.15, 0.2) is 0 Å². The molecule has 0 aliphatic rings. The van der Waals surface area contributed by atoms with E-state index in [1.165, 1.54) is 11.1 Å². The molecule has 1 atom stereocenters. The van der Waals surface area contributed by atoms with Crippen LogP contribution in [0.4, 0.5) is 0 Å². The Morgan fingerprint density at radius 2 is 1.81 bits per heavy atom. The van der Waals surface area contributed by atoms with Crippen LogP contribution >= 0.6 is 11.8 Å². The number of carbonyl (C=O) groups excluding carboxylic acids is 2. The number of ether oxygens (including phenoxy) is 1. The number of carbonyl (C=O) groups is 2. The molecule has 6 heteroatoms. The Morgan fingerprint density at radius 3 is 2.42 bits per heavy atom. The zero-order chi connectivity index (χ0) is 22.8. The number of rotatable bonds is 11. The summed E-state index contributed by atoms with van der Waals surface area (Å²) in [5.41, 5.74) is 3.34. The Balaban J connectivity index is 2.14. The van der Waals surface area contributed by atoms with Gasteiger partial charge in [-0.3, -0.25) is 9.59 Å². The van der Waals surface area contributed by atoms with Crippen LogP contribution in [0.3, 0.4) is 0 Å². The maximum absolute atomic E-state index is 13.2. The maximum atomic E-state index is 13.2. The molecule has 0 saturated carbocycles. The third-order valence-corrected chi connectivity index (χ3v) is 5.91. The lowest BCUT2D eigenvalue weighted by Gasteiger charge is -2.31. The monoisotopic (exact) mass is 442 g/mol. The molecule has 0 saturated heterocycles. The van der Waals surface area contributed by atoms with Crippen LogP contribution in [-0.2, 0) is 21.9 Å². The summed E-state index contributed by atoms with van der Waals surface area (Å²) in [6, 6.07) is 15.5. The van der Waals surface area contributed by atoms with Gasteiger partial charge in [-0.1, -0.05) is 48.9 Å². The number of thioether (sulfide) groups is 1. The highest BCUT2D eigenvalue weighted by atomic mass is 32.2. The van der Waals surface area contributed by atoms with Gasteiger partial charge in [0, 0.05) is 18.3 Å². The summed E-state index contributed by atoms with van der Waals surface area (Å²) in [7, 11) is 1.62. The molecule has 2 rings (SSSR count). The van der Waals surface area contributed by atoms with Crippen molar-refractivity contribution in [2.75, 3.05) is 12.9 Å². The summed E-state index contributed by atoms with van der Waals surface area (Å²) in [6.45, 7) is 8.22. The third-order valence-electron chi connectivity index (χ3n) is 4.92. The number of methoxy groups -OCH3 is 1. The van der Waals surface area contributed by atoms with Gasteiger partial charge in [-0.25, -0.2) is 0 Å². The molecule has 2 aromatic carbocycles. The molecule has 0 fully saturated rings. The normalized spacial score (nSPS) is 11.8. The third kappa shape index (κ3) is 7.94. The predicted molar refractivity (Wildman–Crippen MR) is 128 cm³/mol. The van der Waals surface area contributed by atoms with Crippen LogP contribution in [0.2, 0.25) is 0 Å². The summed E-state index contributed by atoms with van der Waals surface area (Å²) in [5, 5.41) is 2.96. The van der Waals surface area contributed by atoms with E-state index in [0.717, 1.165) is 17.1 Å². The SMILES string of the molecule is CC[C@H](C(=O)NC(C)C)N(Cc1cccc(OC)c1)C(=O)CSCc1ccc(C)cc1. The number of hydrogen-bond donors (Lipinski definition) is 1. The minimum Gasteiger partial charge on any atom is -0.497 e. The van der Waals surface area contributed by atoms with E-state index in [2.05, 4.69) is 36.5 Å². The van der Waals surface area contributed by atoms with E-state index in [4.69, 9.17) is 4.74 Å². The van der Waals surface area contributed by atoms with Gasteiger partial charge in [0.05, 0.1) is 12.9 Å². The molecule has 0 aromatic heterocycles. The number of amides is 2. The first-order valence-corrected chi connectivity index (χ1v) is 11.9. The number of hydrogen-bond acceptors (Lipinski definition) is 4. The molecular weight excluding hydrogens is 408 g/mol. The highest BCUT2D eigenvalue weighted by molar-refractivity contribution is 7.99. The molecule has 0 bridgehead atoms. The fourth-order valence-corrected chi connectivity index (χ4v) is 4.16. The quantitative estimate of drug-likeness (QED) is 0.554. The molecule has 2 amide bonds. The predicted octanol–water partition coefficient (Wildman–Crippen LogP) is 4.57. The van der Waals surface area contributed by atoms with Crippen LogP contribution in [0.1, 0.15) is 43.9 Å². The van der Waals surface area contributed by atoms with Crippen molar-refractivity contribution in [1.29, 1.82) is 0 Å². The van der Waals surface area contributed by atoms with Crippen LogP contribution in [0.25, 0.3) is 0 Å². The van der Waals surface area contributed by atoms with Gasteiger partial charge in [-0.05, 0) is 50.5 Å². The Morgan fingerprint density at radius 1 is 1.10 bits per heavy atom. The summed E-state index contributed by atoms with van der Waals surface area (Å²) in [4.78, 5) is 27.8. The molecule has 0 aliphatic carbocycles. The second-order valence-corrected chi connectivity index (χ2v) is 8.92. The zero-order valence-electron chi connectivity index (χ0n) is 19.2. The van der Waals surface area contributed by atoms with Crippen LogP contribution in [0.5, 0.6) is 5.75 Å². The van der Waals surface area contributed by atoms with Crippen molar-refractivity contribution in [3.05, 3.63) is 65.2 Å². The Hall–Kier alpha value is -2.47. The van der Waals surface area contributed by atoms with Crippen LogP contribution < -0.4 is 10.1 Å². The highest BCUT2D eigenvalue weighted by Gasteiger charge is 2.28. The Labute approximate surface area is 190 Å². The van der Waals surface area contributed by atoms with Crippen molar-refractivity contribution in [2.45, 2.75) is 58.5 Å². The number of aryl methyl sites for hydroxylation is 1. The average Bonchev–Trinajstić information content (AvgIpc) is 2.74. The lowest BCUT2D eigenvalue weighted by Crippen LogP contribution is -2.50. The molecule has 0 radical (unpaired) electrons. The van der Waals surface area contributed by atoms with Crippen LogP contribution in [0.15, 0.2) is 48.5 Å². The van der Waals surface area contributed by atoms with Crippen molar-refractivity contribution in [3.8, 4) is 5.75 Å². The summed E-state index contributed by atoms with van der Waals surface area (Å²) >= 11 is 1.57. The molecular formula is C25H34N2O3S. The first-order valence-electron chi connectivity index (χ1n) is 10.7. The van der Waals surface area contributed by atoms with Crippen molar-refractivity contribution in [1.82, 2.24) is 10.2 Å². The van der Waals surface area contributed by atoms with Crippen molar-refractivity contribution in [2.24, 2.45) is 0 Å². The summed E-state index contributed by atoms with van der Waals surface area (Å²) < 4.78 is 5.32. The topological polar surface area (TPSA) is 58.6 Å². The minimum atomic E-state index is -0.513. The van der Waals surface area contributed by atoms with E-state index in [-0.39, 0.29) is 17.9 Å². The fourth-order valence-electron chi connectivity index (χ4n) is 3.29. The highest BCUT2D eigenvalue weighted by Crippen LogP contribution is 2.20. The van der Waals surface area contributed by atoms with Gasteiger partial charge in [-0.2, -0.15) is 0 Å². The van der Waals surface area contributed by atoms with E-state index >= 15 is 0 Å². The Kier molecular flexibility index (Phi) is 9.92. The van der Waals surface area contributed by atoms with Gasteiger partial charge in [0.25, 0.3) is 0 Å². The van der Waals surface area contributed by atoms with E-state index in [1.807, 2.05) is 45.0 Å². The minimum absolute atomic E-state index is 0.0197. The van der Waals surface area contributed by atoms with Crippen molar-refractivity contribution >= 4 is 23.6 Å². The summed E-state index contributed by atoms with van der Waals surface area (Å²) in [5.74, 6) is 1.67. The average molecular weight is 443 g/mol. The first-order chi connectivity index (χ1) is 14.8.